The summed E-state index contributed by atoms with van der Waals surface area (Å²) in [5, 5.41) is 7.02. The van der Waals surface area contributed by atoms with Gasteiger partial charge in [0.25, 0.3) is 5.56 Å². The van der Waals surface area contributed by atoms with Gasteiger partial charge in [-0.25, -0.2) is 4.68 Å². The van der Waals surface area contributed by atoms with E-state index in [1.165, 1.54) is 10.9 Å². The second kappa shape index (κ2) is 6.94. The summed E-state index contributed by atoms with van der Waals surface area (Å²) in [7, 11) is 0. The largest absolute Gasteiger partial charge is 0.380 e. The molecule has 6 heteroatoms. The first kappa shape index (κ1) is 13.6. The zero-order valence-electron chi connectivity index (χ0n) is 9.57. The zero-order chi connectivity index (χ0) is 12.7. The molecule has 0 aliphatic rings. The van der Waals surface area contributed by atoms with Crippen molar-refractivity contribution in [2.75, 3.05) is 25.1 Å². The average Bonchev–Trinajstić information content (AvgIpc) is 2.32. The van der Waals surface area contributed by atoms with Gasteiger partial charge >= 0.3 is 0 Å². The van der Waals surface area contributed by atoms with Crippen LogP contribution in [0.25, 0.3) is 0 Å². The van der Waals surface area contributed by atoms with E-state index in [1.54, 1.807) is 0 Å². The molecule has 92 valence electrons. The number of hydrogen-bond donors (Lipinski definition) is 1. The molecule has 0 bridgehead atoms. The Kier molecular flexibility index (Phi) is 5.53. The van der Waals surface area contributed by atoms with Gasteiger partial charge in [-0.05, 0) is 6.92 Å². The van der Waals surface area contributed by atoms with E-state index in [0.29, 0.717) is 25.4 Å². The van der Waals surface area contributed by atoms with E-state index in [9.17, 15) is 4.79 Å². The molecule has 1 rings (SSSR count). The van der Waals surface area contributed by atoms with Crippen LogP contribution in [-0.4, -0.2) is 29.5 Å². The Morgan fingerprint density at radius 1 is 1.71 bits per heavy atom. The highest BCUT2D eigenvalue weighted by molar-refractivity contribution is 6.32. The molecule has 0 aliphatic heterocycles. The summed E-state index contributed by atoms with van der Waals surface area (Å²) >= 11 is 5.88. The van der Waals surface area contributed by atoms with Crippen molar-refractivity contribution >= 4 is 17.3 Å². The second-order valence-corrected chi connectivity index (χ2v) is 3.57. The van der Waals surface area contributed by atoms with Crippen LogP contribution in [0.5, 0.6) is 0 Å². The van der Waals surface area contributed by atoms with E-state index in [-0.39, 0.29) is 17.1 Å². The number of rotatable bonds is 6. The van der Waals surface area contributed by atoms with Gasteiger partial charge in [-0.1, -0.05) is 17.5 Å². The predicted molar refractivity (Wildman–Crippen MR) is 67.3 cm³/mol. The van der Waals surface area contributed by atoms with Crippen molar-refractivity contribution in [1.29, 1.82) is 0 Å². The monoisotopic (exact) mass is 255 g/mol. The lowest BCUT2D eigenvalue weighted by Crippen LogP contribution is -2.26. The van der Waals surface area contributed by atoms with Gasteiger partial charge in [0.1, 0.15) is 12.2 Å². The maximum absolute atomic E-state index is 11.9. The lowest BCUT2D eigenvalue weighted by molar-refractivity contribution is 0.158. The standard InChI is InChI=1S/C11H14ClN3O2/c1-3-6-15-11(16)10(9(12)8-14-15)13-5-7-17-4-2/h1,8,13H,4-7H2,2H3. The molecule has 0 aromatic carbocycles. The van der Waals surface area contributed by atoms with Crippen LogP contribution in [0.15, 0.2) is 11.0 Å². The maximum Gasteiger partial charge on any atom is 0.292 e. The first-order valence-electron chi connectivity index (χ1n) is 5.21. The van der Waals surface area contributed by atoms with Crippen molar-refractivity contribution in [1.82, 2.24) is 9.78 Å². The van der Waals surface area contributed by atoms with E-state index < -0.39 is 0 Å². The van der Waals surface area contributed by atoms with Crippen LogP contribution < -0.4 is 10.9 Å². The minimum absolute atomic E-state index is 0.121. The summed E-state index contributed by atoms with van der Waals surface area (Å²) in [6.07, 6.45) is 6.53. The van der Waals surface area contributed by atoms with Crippen molar-refractivity contribution in [3.63, 3.8) is 0 Å². The third kappa shape index (κ3) is 3.77. The third-order valence-corrected chi connectivity index (χ3v) is 2.28. The Labute approximate surface area is 105 Å². The molecule has 1 aromatic heterocycles. The van der Waals surface area contributed by atoms with Crippen LogP contribution in [0.1, 0.15) is 6.92 Å². The highest BCUT2D eigenvalue weighted by Crippen LogP contribution is 2.14. The Hall–Kier alpha value is -1.51. The van der Waals surface area contributed by atoms with Gasteiger partial charge in [0, 0.05) is 13.2 Å². The van der Waals surface area contributed by atoms with Gasteiger partial charge in [-0.3, -0.25) is 4.79 Å². The number of hydrogen-bond acceptors (Lipinski definition) is 4. The van der Waals surface area contributed by atoms with E-state index in [1.807, 2.05) is 6.92 Å². The van der Waals surface area contributed by atoms with Crippen molar-refractivity contribution in [2.24, 2.45) is 0 Å². The number of nitrogens with zero attached hydrogens (tertiary/aromatic N) is 2. The topological polar surface area (TPSA) is 56.1 Å². The van der Waals surface area contributed by atoms with Crippen LogP contribution >= 0.6 is 11.6 Å². The lowest BCUT2D eigenvalue weighted by atomic mass is 10.4. The van der Waals surface area contributed by atoms with E-state index in [0.717, 1.165) is 0 Å². The molecule has 0 aliphatic carbocycles. The van der Waals surface area contributed by atoms with Gasteiger partial charge in [0.15, 0.2) is 0 Å². The quantitative estimate of drug-likeness (QED) is 0.608. The fourth-order valence-corrected chi connectivity index (χ4v) is 1.41. The molecule has 0 fully saturated rings. The van der Waals surface area contributed by atoms with E-state index >= 15 is 0 Å². The molecule has 17 heavy (non-hydrogen) atoms. The summed E-state index contributed by atoms with van der Waals surface area (Å²) in [6, 6.07) is 0. The summed E-state index contributed by atoms with van der Waals surface area (Å²) in [5.74, 6) is 2.35. The molecule has 0 unspecified atom stereocenters. The fraction of sp³-hybridized carbons (Fsp3) is 0.455. The van der Waals surface area contributed by atoms with E-state index in [4.69, 9.17) is 22.8 Å². The van der Waals surface area contributed by atoms with Crippen LogP contribution in [0.3, 0.4) is 0 Å². The van der Waals surface area contributed by atoms with Crippen LogP contribution in [0, 0.1) is 12.3 Å². The summed E-state index contributed by atoms with van der Waals surface area (Å²) in [4.78, 5) is 11.9. The van der Waals surface area contributed by atoms with Crippen molar-refractivity contribution in [3.8, 4) is 12.3 Å². The molecule has 1 heterocycles. The average molecular weight is 256 g/mol. The Bertz CT molecular complexity index is 465. The number of aromatic nitrogens is 2. The number of nitrogens with one attached hydrogen (secondary N) is 1. The summed E-state index contributed by atoms with van der Waals surface area (Å²) in [5.41, 5.74) is -0.0245. The SMILES string of the molecule is C#CCn1ncc(Cl)c(NCCOCC)c1=O. The highest BCUT2D eigenvalue weighted by Gasteiger charge is 2.08. The minimum atomic E-state index is -0.327. The normalized spacial score (nSPS) is 9.94. The van der Waals surface area contributed by atoms with Crippen molar-refractivity contribution in [3.05, 3.63) is 21.6 Å². The second-order valence-electron chi connectivity index (χ2n) is 3.16. The molecule has 0 amide bonds. The Morgan fingerprint density at radius 3 is 3.12 bits per heavy atom. The number of halogens is 1. The number of anilines is 1. The van der Waals surface area contributed by atoms with Crippen LogP contribution in [-0.2, 0) is 11.3 Å². The molecule has 1 N–H and O–H groups in total. The molecule has 0 saturated carbocycles. The van der Waals surface area contributed by atoms with Gasteiger partial charge in [-0.2, -0.15) is 5.10 Å². The number of ether oxygens (including phenoxy) is 1. The fourth-order valence-electron chi connectivity index (χ4n) is 1.22. The lowest BCUT2D eigenvalue weighted by Gasteiger charge is -2.09. The first-order chi connectivity index (χ1) is 8.20. The molecule has 0 saturated heterocycles. The molecule has 1 aromatic rings. The molecule has 0 spiro atoms. The highest BCUT2D eigenvalue weighted by atomic mass is 35.5. The van der Waals surface area contributed by atoms with E-state index in [2.05, 4.69) is 16.3 Å². The molecular formula is C11H14ClN3O2. The first-order valence-corrected chi connectivity index (χ1v) is 5.59. The smallest absolute Gasteiger partial charge is 0.292 e. The summed E-state index contributed by atoms with van der Waals surface area (Å²) in [6.45, 7) is 3.66. The van der Waals surface area contributed by atoms with Crippen molar-refractivity contribution < 1.29 is 4.74 Å². The molecular weight excluding hydrogens is 242 g/mol. The molecule has 0 atom stereocenters. The predicted octanol–water partition coefficient (Wildman–Crippen LogP) is 0.978. The maximum atomic E-state index is 11.9. The van der Waals surface area contributed by atoms with Crippen LogP contribution in [0.4, 0.5) is 5.69 Å². The Morgan fingerprint density at radius 2 is 2.47 bits per heavy atom. The minimum Gasteiger partial charge on any atom is -0.380 e. The zero-order valence-corrected chi connectivity index (χ0v) is 10.3. The van der Waals surface area contributed by atoms with Gasteiger partial charge in [0.05, 0.1) is 17.8 Å². The Balaban J connectivity index is 2.80. The summed E-state index contributed by atoms with van der Waals surface area (Å²) < 4.78 is 6.33. The van der Waals surface area contributed by atoms with Crippen molar-refractivity contribution in [2.45, 2.75) is 13.5 Å². The molecule has 0 radical (unpaired) electrons. The third-order valence-electron chi connectivity index (χ3n) is 1.99. The van der Waals surface area contributed by atoms with Crippen LogP contribution in [0.2, 0.25) is 5.02 Å². The molecule has 5 nitrogen and oxygen atoms in total. The number of terminal acetylenes is 1. The van der Waals surface area contributed by atoms with Gasteiger partial charge in [0.2, 0.25) is 0 Å². The van der Waals surface area contributed by atoms with Gasteiger partial charge in [-0.15, -0.1) is 6.42 Å². The van der Waals surface area contributed by atoms with Gasteiger partial charge < -0.3 is 10.1 Å².